The summed E-state index contributed by atoms with van der Waals surface area (Å²) in [5.41, 5.74) is 17.5. The molecule has 0 aromatic heterocycles. The summed E-state index contributed by atoms with van der Waals surface area (Å²) in [5.74, 6) is 0.428. The van der Waals surface area contributed by atoms with Crippen molar-refractivity contribution in [1.82, 2.24) is 0 Å². The first-order valence-electron chi connectivity index (χ1n) is 27.4. The quantitative estimate of drug-likeness (QED) is 0.149. The van der Waals surface area contributed by atoms with Gasteiger partial charge in [-0.15, -0.1) is 0 Å². The second-order valence-electron chi connectivity index (χ2n) is 20.8. The lowest BCUT2D eigenvalue weighted by atomic mass is 9.75. The molecule has 2 nitrogen and oxygen atoms in total. The molecule has 0 spiro atoms. The van der Waals surface area contributed by atoms with Gasteiger partial charge < -0.3 is 10.2 Å². The highest BCUT2D eigenvalue weighted by Gasteiger charge is 2.30. The number of aromatic hydroxyl groups is 2. The molecular formula is C78H50O2. The highest BCUT2D eigenvalue weighted by molar-refractivity contribution is 6.37. The third kappa shape index (κ3) is 7.49. The van der Waals surface area contributed by atoms with Crippen molar-refractivity contribution in [2.24, 2.45) is 0 Å². The van der Waals surface area contributed by atoms with Gasteiger partial charge in [0, 0.05) is 0 Å². The Morgan fingerprint density at radius 1 is 0.138 bits per heavy atom. The number of hydrogen-bond donors (Lipinski definition) is 2. The average molecular weight is 1020 g/mol. The Balaban J connectivity index is 1.14. The van der Waals surface area contributed by atoms with Gasteiger partial charge in [-0.25, -0.2) is 0 Å². The van der Waals surface area contributed by atoms with E-state index in [0.717, 1.165) is 89.0 Å². The topological polar surface area (TPSA) is 40.5 Å². The fourth-order valence-electron chi connectivity index (χ4n) is 13.1. The van der Waals surface area contributed by atoms with Crippen molar-refractivity contribution in [3.63, 3.8) is 0 Å². The smallest absolute Gasteiger partial charge is 0.115 e. The van der Waals surface area contributed by atoms with E-state index in [1.54, 1.807) is 0 Å². The maximum absolute atomic E-state index is 11.0. The Morgan fingerprint density at radius 3 is 0.512 bits per heavy atom. The minimum atomic E-state index is 0.214. The van der Waals surface area contributed by atoms with Crippen molar-refractivity contribution in [3.8, 4) is 101 Å². The van der Waals surface area contributed by atoms with Gasteiger partial charge in [0.05, 0.1) is 0 Å². The normalized spacial score (nSPS) is 11.6. The fourth-order valence-corrected chi connectivity index (χ4v) is 13.1. The van der Waals surface area contributed by atoms with E-state index >= 15 is 0 Å². The molecule has 0 aliphatic rings. The van der Waals surface area contributed by atoms with E-state index < -0.39 is 0 Å². The van der Waals surface area contributed by atoms with E-state index in [4.69, 9.17) is 0 Å². The number of rotatable bonds is 8. The van der Waals surface area contributed by atoms with Crippen LogP contribution in [0.5, 0.6) is 11.5 Å². The number of fused-ring (bicyclic) bond motifs is 12. The summed E-state index contributed by atoms with van der Waals surface area (Å²) in [6.07, 6.45) is 0. The number of phenols is 2. The van der Waals surface area contributed by atoms with E-state index in [-0.39, 0.29) is 11.5 Å². The van der Waals surface area contributed by atoms with Gasteiger partial charge in [0.25, 0.3) is 0 Å². The lowest BCUT2D eigenvalue weighted by Gasteiger charge is -2.27. The molecule has 0 radical (unpaired) electrons. The van der Waals surface area contributed by atoms with E-state index in [9.17, 15) is 10.2 Å². The summed E-state index contributed by atoms with van der Waals surface area (Å²) in [5, 5.41) is 36.2. The SMILES string of the molecule is Oc1ccc(-c2c(-c3ccc(-c4c(-c5ccc(O)cc5)c(-c5ccccc5)c5c6ccccc6c6ccccc6c5c4-c4ccccc4)cc3)c(-c3ccccc3)c3c4ccccc4c4ccccc4c3c2-c2ccccc2)cc1. The maximum Gasteiger partial charge on any atom is 0.115 e. The van der Waals surface area contributed by atoms with Crippen LogP contribution in [-0.2, 0) is 0 Å². The molecule has 0 aliphatic heterocycles. The van der Waals surface area contributed by atoms with Crippen molar-refractivity contribution in [2.75, 3.05) is 0 Å². The minimum absolute atomic E-state index is 0.214. The fraction of sp³-hybridized carbons (Fsp3) is 0. The molecule has 0 saturated heterocycles. The molecule has 0 unspecified atom stereocenters. The monoisotopic (exact) mass is 1020 g/mol. The molecule has 0 fully saturated rings. The van der Waals surface area contributed by atoms with Crippen molar-refractivity contribution >= 4 is 64.6 Å². The Morgan fingerprint density at radius 2 is 0.300 bits per heavy atom. The molecule has 15 aromatic rings. The summed E-state index contributed by atoms with van der Waals surface area (Å²) in [6.45, 7) is 0. The van der Waals surface area contributed by atoms with Crippen LogP contribution < -0.4 is 0 Å². The predicted octanol–water partition coefficient (Wildman–Crippen LogP) is 21.4. The maximum atomic E-state index is 11.0. The first-order valence-corrected chi connectivity index (χ1v) is 27.4. The van der Waals surface area contributed by atoms with Gasteiger partial charge in [0.15, 0.2) is 0 Å². The van der Waals surface area contributed by atoms with Crippen LogP contribution in [-0.4, -0.2) is 10.2 Å². The van der Waals surface area contributed by atoms with Crippen molar-refractivity contribution in [3.05, 3.63) is 291 Å². The third-order valence-electron chi connectivity index (χ3n) is 16.4. The molecule has 0 atom stereocenters. The lowest BCUT2D eigenvalue weighted by Crippen LogP contribution is -2.00. The summed E-state index contributed by atoms with van der Waals surface area (Å²) >= 11 is 0. The number of phenolic OH excluding ortho intramolecular Hbond substituents is 2. The van der Waals surface area contributed by atoms with Crippen LogP contribution in [0.15, 0.2) is 291 Å². The summed E-state index contributed by atoms with van der Waals surface area (Å²) in [6, 6.07) is 104. The van der Waals surface area contributed by atoms with Crippen LogP contribution in [0.1, 0.15) is 0 Å². The van der Waals surface area contributed by atoms with E-state index in [0.29, 0.717) is 0 Å². The van der Waals surface area contributed by atoms with Gasteiger partial charge in [-0.05, 0) is 178 Å². The molecule has 2 heteroatoms. The van der Waals surface area contributed by atoms with Crippen LogP contribution in [0.4, 0.5) is 0 Å². The Kier molecular flexibility index (Phi) is 11.2. The van der Waals surface area contributed by atoms with Crippen LogP contribution in [0.3, 0.4) is 0 Å². The van der Waals surface area contributed by atoms with Gasteiger partial charge in [0.2, 0.25) is 0 Å². The molecular weight excluding hydrogens is 969 g/mol. The second-order valence-corrected chi connectivity index (χ2v) is 20.8. The zero-order valence-corrected chi connectivity index (χ0v) is 43.6. The van der Waals surface area contributed by atoms with Crippen LogP contribution >= 0.6 is 0 Å². The van der Waals surface area contributed by atoms with E-state index in [2.05, 4.69) is 267 Å². The molecule has 0 bridgehead atoms. The largest absolute Gasteiger partial charge is 0.508 e. The van der Waals surface area contributed by atoms with Crippen molar-refractivity contribution < 1.29 is 10.2 Å². The predicted molar refractivity (Wildman–Crippen MR) is 338 cm³/mol. The molecule has 0 saturated carbocycles. The summed E-state index contributed by atoms with van der Waals surface area (Å²) in [4.78, 5) is 0. The standard InChI is InChI=1S/C78H50O2/c79-57-45-41-55(42-46-57)69-67(71(49-21-5-1-6-22-49)75-63-33-17-13-29-59(63)61-31-15-19-35-65(61)77(75)73(69)51-25-9-3-10-26-51)53-37-39-54(40-38-53)68-70(56-43-47-58(80)48-44-56)74(52-27-11-4-12-28-52)78-66-36-20-16-32-62(66)60-30-14-18-34-64(60)76(78)72(68)50-23-7-2-8-24-50/h1-48,79-80H. The number of hydrogen-bond acceptors (Lipinski definition) is 2. The molecule has 2 N–H and O–H groups in total. The lowest BCUT2D eigenvalue weighted by molar-refractivity contribution is 0.475. The van der Waals surface area contributed by atoms with Gasteiger partial charge in [-0.1, -0.05) is 267 Å². The zero-order chi connectivity index (χ0) is 53.3. The summed E-state index contributed by atoms with van der Waals surface area (Å²) in [7, 11) is 0. The highest BCUT2D eigenvalue weighted by Crippen LogP contribution is 2.57. The highest BCUT2D eigenvalue weighted by atomic mass is 16.3. The van der Waals surface area contributed by atoms with Gasteiger partial charge in [-0.2, -0.15) is 0 Å². The zero-order valence-electron chi connectivity index (χ0n) is 43.6. The Bertz CT molecular complexity index is 4560. The molecule has 374 valence electrons. The van der Waals surface area contributed by atoms with Gasteiger partial charge in [-0.3, -0.25) is 0 Å². The number of benzene rings is 15. The molecule has 15 aromatic carbocycles. The van der Waals surface area contributed by atoms with E-state index in [1.165, 1.54) is 64.6 Å². The van der Waals surface area contributed by atoms with Crippen molar-refractivity contribution in [2.45, 2.75) is 0 Å². The molecule has 0 heterocycles. The average Bonchev–Trinajstić information content (AvgIpc) is 3.32. The first-order chi connectivity index (χ1) is 39.6. The summed E-state index contributed by atoms with van der Waals surface area (Å²) < 4.78 is 0. The molecule has 0 aliphatic carbocycles. The third-order valence-corrected chi connectivity index (χ3v) is 16.4. The van der Waals surface area contributed by atoms with Crippen LogP contribution in [0, 0.1) is 0 Å². The first kappa shape index (κ1) is 46.7. The molecule has 15 rings (SSSR count). The second kappa shape index (κ2) is 19.2. The van der Waals surface area contributed by atoms with Gasteiger partial charge >= 0.3 is 0 Å². The van der Waals surface area contributed by atoms with E-state index in [1.807, 2.05) is 24.3 Å². The Hall–Kier alpha value is -10.5. The van der Waals surface area contributed by atoms with Crippen molar-refractivity contribution in [1.29, 1.82) is 0 Å². The van der Waals surface area contributed by atoms with Crippen LogP contribution in [0.2, 0.25) is 0 Å². The minimum Gasteiger partial charge on any atom is -0.508 e. The molecule has 80 heavy (non-hydrogen) atoms. The van der Waals surface area contributed by atoms with Gasteiger partial charge in [0.1, 0.15) is 11.5 Å². The Labute approximate surface area is 464 Å². The molecule has 0 amide bonds. The van der Waals surface area contributed by atoms with Crippen LogP contribution in [0.25, 0.3) is 154 Å².